The topological polar surface area (TPSA) is 98.8 Å². The lowest BCUT2D eigenvalue weighted by atomic mass is 10.3. The zero-order chi connectivity index (χ0) is 33.4. The highest BCUT2D eigenvalue weighted by atomic mass is 31.3. The Morgan fingerprint density at radius 3 is 1.12 bits per heavy atom. The number of rotatable bonds is 12. The Morgan fingerprint density at radius 1 is 0.429 bits per heavy atom. The van der Waals surface area contributed by atoms with Crippen LogP contribution in [0.3, 0.4) is 0 Å². The summed E-state index contributed by atoms with van der Waals surface area (Å²) >= 11 is 0. The molecule has 0 bridgehead atoms. The molecule has 1 atom stereocenters. The molecule has 49 heavy (non-hydrogen) atoms. The van der Waals surface area contributed by atoms with Crippen LogP contribution in [-0.4, -0.2) is 17.5 Å². The molecule has 0 radical (unpaired) electrons. The first-order valence-electron chi connectivity index (χ1n) is 15.3. The van der Waals surface area contributed by atoms with Gasteiger partial charge in [-0.15, -0.1) is 9.03 Å². The van der Waals surface area contributed by atoms with Crippen molar-refractivity contribution >= 4 is 28.6 Å². The molecule has 5 aromatic carbocycles. The van der Waals surface area contributed by atoms with E-state index in [-0.39, 0.29) is 0 Å². The second kappa shape index (κ2) is 14.5. The molecule has 0 fully saturated rings. The normalized spacial score (nSPS) is 18.2. The summed E-state index contributed by atoms with van der Waals surface area (Å²) < 4.78 is 51.6. The van der Waals surface area contributed by atoms with Crippen molar-refractivity contribution in [2.75, 3.05) is 7.05 Å². The molecule has 0 saturated carbocycles. The van der Waals surface area contributed by atoms with E-state index in [1.807, 2.05) is 176 Å². The van der Waals surface area contributed by atoms with E-state index in [1.165, 1.54) is 0 Å². The minimum Gasteiger partial charge on any atom is -0.426 e. The van der Waals surface area contributed by atoms with Gasteiger partial charge in [-0.1, -0.05) is 108 Å². The number of benzene rings is 5. The molecule has 246 valence electrons. The summed E-state index contributed by atoms with van der Waals surface area (Å²) in [7, 11) is -9.66. The summed E-state index contributed by atoms with van der Waals surface area (Å²) in [5.74, 6) is 2.42. The molecule has 10 nitrogen and oxygen atoms in total. The van der Waals surface area contributed by atoms with Gasteiger partial charge in [-0.05, 0) is 72.8 Å². The molecule has 2 aliphatic rings. The van der Waals surface area contributed by atoms with Crippen LogP contribution in [0.25, 0.3) is 0 Å². The Labute approximate surface area is 285 Å². The first-order valence-corrected chi connectivity index (χ1v) is 20.0. The van der Waals surface area contributed by atoms with Gasteiger partial charge in [0.15, 0.2) is 0 Å². The lowest BCUT2D eigenvalue weighted by molar-refractivity contribution is 0.445. The molecule has 0 spiro atoms. The molecule has 7 rings (SSSR count). The van der Waals surface area contributed by atoms with E-state index in [0.29, 0.717) is 34.5 Å². The van der Waals surface area contributed by atoms with Gasteiger partial charge in [0.25, 0.3) is 0 Å². The Kier molecular flexibility index (Phi) is 9.54. The summed E-state index contributed by atoms with van der Waals surface area (Å²) in [4.78, 5) is 0. The summed E-state index contributed by atoms with van der Waals surface area (Å²) in [6, 6.07) is 46.4. The van der Waals surface area contributed by atoms with Crippen LogP contribution in [0, 0.1) is 0 Å². The molecule has 1 unspecified atom stereocenters. The van der Waals surface area contributed by atoms with Crippen LogP contribution in [0.5, 0.6) is 28.7 Å². The van der Waals surface area contributed by atoms with Crippen LogP contribution in [0.1, 0.15) is 0 Å². The van der Waals surface area contributed by atoms with E-state index in [1.54, 1.807) is 11.8 Å². The van der Waals surface area contributed by atoms with Crippen LogP contribution < -0.4 is 22.6 Å². The van der Waals surface area contributed by atoms with Crippen LogP contribution in [0.4, 0.5) is 0 Å². The highest BCUT2D eigenvalue weighted by Crippen LogP contribution is 2.79. The number of hydrazone groups is 1. The molecular formula is C36H32N5O5P3. The van der Waals surface area contributed by atoms with E-state index >= 15 is 0 Å². The number of para-hydroxylation sites is 5. The fraction of sp³-hybridized carbons (Fsp3) is 0.0278. The van der Waals surface area contributed by atoms with Gasteiger partial charge in [-0.2, -0.15) is 5.10 Å². The third-order valence-corrected chi connectivity index (χ3v) is 15.4. The average Bonchev–Trinajstić information content (AvgIpc) is 3.63. The SMILES string of the molecule is CN(N=C1C=CC=C1)P1(Oc2ccccc2)=NP(Oc2ccccc2)(Oc2ccccc2)=NP(Oc2ccccc2)(Oc2ccccc2)=N1. The van der Waals surface area contributed by atoms with Crippen molar-refractivity contribution in [1.29, 1.82) is 0 Å². The second-order valence-corrected chi connectivity index (χ2v) is 17.1. The maximum absolute atomic E-state index is 6.90. The lowest BCUT2D eigenvalue weighted by Crippen LogP contribution is -2.17. The maximum Gasteiger partial charge on any atom is 0.459 e. The first-order chi connectivity index (χ1) is 24.0. The largest absolute Gasteiger partial charge is 0.459 e. The molecule has 0 aromatic heterocycles. The Morgan fingerprint density at radius 2 is 0.755 bits per heavy atom. The van der Waals surface area contributed by atoms with Gasteiger partial charge < -0.3 is 22.6 Å². The number of allylic oxidation sites excluding steroid dienone is 4. The smallest absolute Gasteiger partial charge is 0.426 e. The molecule has 0 saturated heterocycles. The van der Waals surface area contributed by atoms with Gasteiger partial charge in [0, 0.05) is 7.05 Å². The third-order valence-electron chi connectivity index (χ3n) is 6.81. The first kappa shape index (κ1) is 32.3. The summed E-state index contributed by atoms with van der Waals surface area (Å²) in [5.41, 5.74) is 0.681. The van der Waals surface area contributed by atoms with E-state index in [4.69, 9.17) is 41.3 Å². The minimum absolute atomic E-state index is 0.479. The predicted octanol–water partition coefficient (Wildman–Crippen LogP) is 11.6. The highest BCUT2D eigenvalue weighted by molar-refractivity contribution is 7.79. The monoisotopic (exact) mass is 707 g/mol. The Balaban J connectivity index is 1.57. The van der Waals surface area contributed by atoms with Gasteiger partial charge in [-0.3, -0.25) is 0 Å². The van der Waals surface area contributed by atoms with E-state index in [9.17, 15) is 0 Å². The Bertz CT molecular complexity index is 1960. The van der Waals surface area contributed by atoms with Crippen LogP contribution in [-0.2, 0) is 0 Å². The van der Waals surface area contributed by atoms with Crippen molar-refractivity contribution < 1.29 is 22.6 Å². The van der Waals surface area contributed by atoms with Crippen LogP contribution in [0.15, 0.2) is 195 Å². The van der Waals surface area contributed by atoms with Crippen molar-refractivity contribution in [2.24, 2.45) is 18.6 Å². The minimum atomic E-state index is -3.85. The molecule has 0 amide bonds. The zero-order valence-electron chi connectivity index (χ0n) is 26.4. The Hall–Kier alpha value is -5.26. The van der Waals surface area contributed by atoms with Crippen LogP contribution in [0.2, 0.25) is 0 Å². The van der Waals surface area contributed by atoms with Gasteiger partial charge >= 0.3 is 22.9 Å². The van der Waals surface area contributed by atoms with Crippen LogP contribution >= 0.6 is 22.9 Å². The van der Waals surface area contributed by atoms with E-state index in [0.717, 1.165) is 0 Å². The summed E-state index contributed by atoms with van der Waals surface area (Å²) in [6.07, 6.45) is 7.58. The van der Waals surface area contributed by atoms with Crippen molar-refractivity contribution in [1.82, 2.24) is 4.78 Å². The van der Waals surface area contributed by atoms with Gasteiger partial charge in [0.05, 0.1) is 5.71 Å². The fourth-order valence-corrected chi connectivity index (χ4v) is 14.3. The molecule has 13 heteroatoms. The number of hydrogen-bond donors (Lipinski definition) is 0. The van der Waals surface area contributed by atoms with E-state index < -0.39 is 22.9 Å². The molecule has 1 aliphatic heterocycles. The van der Waals surface area contributed by atoms with Crippen molar-refractivity contribution in [3.63, 3.8) is 0 Å². The molecule has 0 N–H and O–H groups in total. The number of nitrogens with zero attached hydrogens (tertiary/aromatic N) is 5. The molecule has 1 aliphatic carbocycles. The van der Waals surface area contributed by atoms with Crippen molar-refractivity contribution in [3.8, 4) is 28.7 Å². The lowest BCUT2D eigenvalue weighted by Gasteiger charge is -2.35. The van der Waals surface area contributed by atoms with Gasteiger partial charge in [0.2, 0.25) is 0 Å². The second-order valence-electron chi connectivity index (χ2n) is 10.5. The fourth-order valence-electron chi connectivity index (χ4n) is 4.64. The number of hydrogen-bond acceptors (Lipinski definition) is 10. The zero-order valence-corrected chi connectivity index (χ0v) is 29.0. The predicted molar refractivity (Wildman–Crippen MR) is 197 cm³/mol. The summed E-state index contributed by atoms with van der Waals surface area (Å²) in [6.45, 7) is 0. The third kappa shape index (κ3) is 7.90. The highest BCUT2D eigenvalue weighted by Gasteiger charge is 2.49. The van der Waals surface area contributed by atoms with Gasteiger partial charge in [-0.25, -0.2) is 4.78 Å². The van der Waals surface area contributed by atoms with Gasteiger partial charge in [0.1, 0.15) is 28.7 Å². The molecule has 5 aromatic rings. The standard InChI is InChI=1S/C36H32N5O5P3/c1-41(37-31-19-17-18-20-31)47(42-32-21-7-2-8-22-32)38-48(43-33-23-9-3-10-24-33,44-34-25-11-4-12-26-34)40-49(39-47,45-35-27-13-5-14-28-35)46-36-29-15-6-16-30-36/h2-30H,1H3. The molecule has 1 heterocycles. The molecular weight excluding hydrogens is 675 g/mol. The quantitative estimate of drug-likeness (QED) is 0.0945. The summed E-state index contributed by atoms with van der Waals surface area (Å²) in [5, 5.41) is 4.91. The average molecular weight is 708 g/mol. The van der Waals surface area contributed by atoms with E-state index in [2.05, 4.69) is 0 Å². The van der Waals surface area contributed by atoms with Crippen molar-refractivity contribution in [3.05, 3.63) is 176 Å². The maximum atomic E-state index is 6.90. The van der Waals surface area contributed by atoms with Crippen molar-refractivity contribution in [2.45, 2.75) is 0 Å².